The smallest absolute Gasteiger partial charge is 0.220 e. The van der Waals surface area contributed by atoms with Crippen LogP contribution in [0.1, 0.15) is 36.3 Å². The Bertz CT molecular complexity index is 782. The van der Waals surface area contributed by atoms with Gasteiger partial charge in [-0.25, -0.2) is 0 Å². The molecule has 1 spiro atoms. The summed E-state index contributed by atoms with van der Waals surface area (Å²) in [6.07, 6.45) is 2.72. The van der Waals surface area contributed by atoms with Gasteiger partial charge in [-0.1, -0.05) is 48.5 Å². The number of hydrogen-bond donors (Lipinski definition) is 1. The largest absolute Gasteiger partial charge is 0.496 e. The predicted octanol–water partition coefficient (Wildman–Crippen LogP) is 3.58. The highest BCUT2D eigenvalue weighted by Crippen LogP contribution is 2.50. The lowest BCUT2D eigenvalue weighted by Gasteiger charge is -2.49. The molecule has 2 heterocycles. The van der Waals surface area contributed by atoms with Crippen LogP contribution in [0, 0.1) is 5.41 Å². The minimum atomic E-state index is 0.0319. The van der Waals surface area contributed by atoms with E-state index in [-0.39, 0.29) is 11.3 Å². The number of methoxy groups -OCH3 is 1. The molecule has 0 bridgehead atoms. The Balaban J connectivity index is 1.53. The van der Waals surface area contributed by atoms with E-state index in [1.165, 1.54) is 11.1 Å². The molecule has 4 heteroatoms. The molecule has 0 aromatic heterocycles. The van der Waals surface area contributed by atoms with Gasteiger partial charge >= 0.3 is 0 Å². The van der Waals surface area contributed by atoms with Crippen molar-refractivity contribution < 1.29 is 9.53 Å². The van der Waals surface area contributed by atoms with Crippen LogP contribution in [0.3, 0.4) is 0 Å². The summed E-state index contributed by atoms with van der Waals surface area (Å²) in [6.45, 7) is 3.77. The van der Waals surface area contributed by atoms with E-state index in [2.05, 4.69) is 52.7 Å². The van der Waals surface area contributed by atoms with E-state index in [0.717, 1.165) is 38.2 Å². The quantitative estimate of drug-likeness (QED) is 0.902. The number of amides is 1. The molecule has 2 aromatic rings. The number of benzene rings is 2. The molecule has 4 rings (SSSR count). The molecule has 27 heavy (non-hydrogen) atoms. The average molecular weight is 364 g/mol. The standard InChI is InChI=1S/C23H28N2O2/c1-27-21-10-6-5-9-19(21)20-16-24-22(26)15-23(20)11-13-25(14-12-23)17-18-7-3-2-4-8-18/h2-10,20H,11-17H2,1H3,(H,24,26). The van der Waals surface area contributed by atoms with Crippen LogP contribution in [0.2, 0.25) is 0 Å². The van der Waals surface area contributed by atoms with E-state index >= 15 is 0 Å². The minimum Gasteiger partial charge on any atom is -0.496 e. The van der Waals surface area contributed by atoms with Gasteiger partial charge in [0, 0.05) is 25.4 Å². The highest BCUT2D eigenvalue weighted by atomic mass is 16.5. The van der Waals surface area contributed by atoms with E-state index in [1.54, 1.807) is 7.11 Å². The Morgan fingerprint density at radius 1 is 1.07 bits per heavy atom. The second-order valence-corrected chi connectivity index (χ2v) is 7.90. The number of nitrogens with zero attached hydrogens (tertiary/aromatic N) is 1. The molecule has 2 aliphatic rings. The molecule has 2 saturated heterocycles. The molecule has 4 nitrogen and oxygen atoms in total. The van der Waals surface area contributed by atoms with Gasteiger partial charge in [0.15, 0.2) is 0 Å². The van der Waals surface area contributed by atoms with Crippen molar-refractivity contribution in [3.63, 3.8) is 0 Å². The van der Waals surface area contributed by atoms with Gasteiger partial charge in [-0.2, -0.15) is 0 Å². The van der Waals surface area contributed by atoms with Gasteiger partial charge in [0.25, 0.3) is 0 Å². The SMILES string of the molecule is COc1ccccc1C1CNC(=O)CC12CCN(Cc1ccccc1)CC2. The molecule has 0 saturated carbocycles. The van der Waals surface area contributed by atoms with Gasteiger partial charge in [-0.05, 0) is 48.5 Å². The number of ether oxygens (including phenoxy) is 1. The first-order valence-corrected chi connectivity index (χ1v) is 9.86. The molecule has 2 aliphatic heterocycles. The van der Waals surface area contributed by atoms with Crippen molar-refractivity contribution in [2.24, 2.45) is 5.41 Å². The number of carbonyl (C=O) groups is 1. The Morgan fingerprint density at radius 3 is 2.52 bits per heavy atom. The van der Waals surface area contributed by atoms with Crippen LogP contribution >= 0.6 is 0 Å². The summed E-state index contributed by atoms with van der Waals surface area (Å²) in [4.78, 5) is 14.8. The van der Waals surface area contributed by atoms with Crippen molar-refractivity contribution in [2.45, 2.75) is 31.7 Å². The average Bonchev–Trinajstić information content (AvgIpc) is 2.71. The maximum atomic E-state index is 12.3. The summed E-state index contributed by atoms with van der Waals surface area (Å²) in [5, 5.41) is 3.10. The zero-order valence-corrected chi connectivity index (χ0v) is 16.0. The summed E-state index contributed by atoms with van der Waals surface area (Å²) < 4.78 is 5.64. The van der Waals surface area contributed by atoms with Crippen LogP contribution in [-0.4, -0.2) is 37.6 Å². The zero-order chi connectivity index (χ0) is 18.7. The van der Waals surface area contributed by atoms with Gasteiger partial charge in [0.1, 0.15) is 5.75 Å². The molecule has 1 atom stereocenters. The molecule has 0 aliphatic carbocycles. The van der Waals surface area contributed by atoms with Gasteiger partial charge < -0.3 is 10.1 Å². The van der Waals surface area contributed by atoms with E-state index < -0.39 is 0 Å². The Labute approximate surface area is 161 Å². The molecule has 2 fully saturated rings. The fourth-order valence-corrected chi connectivity index (χ4v) is 4.86. The topological polar surface area (TPSA) is 41.6 Å². The van der Waals surface area contributed by atoms with Crippen LogP contribution in [-0.2, 0) is 11.3 Å². The van der Waals surface area contributed by atoms with E-state index in [4.69, 9.17) is 4.74 Å². The third-order valence-corrected chi connectivity index (χ3v) is 6.37. The Kier molecular flexibility index (Phi) is 5.17. The van der Waals surface area contributed by atoms with Crippen LogP contribution in [0.15, 0.2) is 54.6 Å². The first-order valence-electron chi connectivity index (χ1n) is 9.86. The monoisotopic (exact) mass is 364 g/mol. The third kappa shape index (κ3) is 3.72. The number of piperidine rings is 2. The number of hydrogen-bond acceptors (Lipinski definition) is 3. The van der Waals surface area contributed by atoms with Crippen LogP contribution in [0.5, 0.6) is 5.75 Å². The fraction of sp³-hybridized carbons (Fsp3) is 0.435. The lowest BCUT2D eigenvalue weighted by molar-refractivity contribution is -0.128. The molecular weight excluding hydrogens is 336 g/mol. The summed E-state index contributed by atoms with van der Waals surface area (Å²) >= 11 is 0. The second kappa shape index (κ2) is 7.73. The Morgan fingerprint density at radius 2 is 1.78 bits per heavy atom. The summed E-state index contributed by atoms with van der Waals surface area (Å²) in [5.74, 6) is 1.44. The van der Waals surface area contributed by atoms with Crippen molar-refractivity contribution in [1.29, 1.82) is 0 Å². The number of nitrogens with one attached hydrogen (secondary N) is 1. The molecular formula is C23H28N2O2. The predicted molar refractivity (Wildman–Crippen MR) is 107 cm³/mol. The van der Waals surface area contributed by atoms with Crippen molar-refractivity contribution >= 4 is 5.91 Å². The summed E-state index contributed by atoms with van der Waals surface area (Å²) in [5.41, 5.74) is 2.62. The highest BCUT2D eigenvalue weighted by molar-refractivity contribution is 5.78. The maximum Gasteiger partial charge on any atom is 0.220 e. The first-order chi connectivity index (χ1) is 13.2. The van der Waals surface area contributed by atoms with Crippen molar-refractivity contribution in [3.05, 3.63) is 65.7 Å². The van der Waals surface area contributed by atoms with Crippen LogP contribution in [0.4, 0.5) is 0 Å². The Hall–Kier alpha value is -2.33. The molecule has 0 radical (unpaired) electrons. The third-order valence-electron chi connectivity index (χ3n) is 6.37. The van der Waals surface area contributed by atoms with Crippen molar-refractivity contribution in [1.82, 2.24) is 10.2 Å². The fourth-order valence-electron chi connectivity index (χ4n) is 4.86. The van der Waals surface area contributed by atoms with Gasteiger partial charge in [0.05, 0.1) is 7.11 Å². The zero-order valence-electron chi connectivity index (χ0n) is 16.0. The van der Waals surface area contributed by atoms with E-state index in [1.807, 2.05) is 12.1 Å². The van der Waals surface area contributed by atoms with E-state index in [0.29, 0.717) is 18.9 Å². The maximum absolute atomic E-state index is 12.3. The molecule has 2 aromatic carbocycles. The lowest BCUT2D eigenvalue weighted by atomic mass is 9.62. The summed E-state index contributed by atoms with van der Waals surface area (Å²) in [7, 11) is 1.73. The van der Waals surface area contributed by atoms with Crippen LogP contribution in [0.25, 0.3) is 0 Å². The minimum absolute atomic E-state index is 0.0319. The molecule has 1 amide bonds. The van der Waals surface area contributed by atoms with Crippen LogP contribution < -0.4 is 10.1 Å². The van der Waals surface area contributed by atoms with E-state index in [9.17, 15) is 4.79 Å². The normalized spacial score (nSPS) is 22.4. The summed E-state index contributed by atoms with van der Waals surface area (Å²) in [6, 6.07) is 18.9. The molecule has 142 valence electrons. The van der Waals surface area contributed by atoms with Gasteiger partial charge in [-0.3, -0.25) is 9.69 Å². The number of para-hydroxylation sites is 1. The lowest BCUT2D eigenvalue weighted by Crippen LogP contribution is -2.52. The van der Waals surface area contributed by atoms with Gasteiger partial charge in [-0.15, -0.1) is 0 Å². The first kappa shape index (κ1) is 18.1. The number of likely N-dealkylation sites (tertiary alicyclic amines) is 1. The molecule has 1 N–H and O–H groups in total. The van der Waals surface area contributed by atoms with Crippen molar-refractivity contribution in [2.75, 3.05) is 26.7 Å². The second-order valence-electron chi connectivity index (χ2n) is 7.90. The highest BCUT2D eigenvalue weighted by Gasteiger charge is 2.46. The van der Waals surface area contributed by atoms with Crippen molar-refractivity contribution in [3.8, 4) is 5.75 Å². The number of carbonyl (C=O) groups excluding carboxylic acids is 1. The van der Waals surface area contributed by atoms with Gasteiger partial charge in [0.2, 0.25) is 5.91 Å². The number of rotatable bonds is 4. The molecule has 1 unspecified atom stereocenters.